The van der Waals surface area contributed by atoms with Gasteiger partial charge in [0.15, 0.2) is 0 Å². The fraction of sp³-hybridized carbons (Fsp3) is 0.385. The molecule has 19 heavy (non-hydrogen) atoms. The Morgan fingerprint density at radius 2 is 2.26 bits per heavy atom. The maximum absolute atomic E-state index is 11.7. The Balaban J connectivity index is 2.16. The predicted molar refractivity (Wildman–Crippen MR) is 80.3 cm³/mol. The van der Waals surface area contributed by atoms with Gasteiger partial charge in [-0.1, -0.05) is 31.5 Å². The van der Waals surface area contributed by atoms with Gasteiger partial charge in [-0.05, 0) is 11.4 Å². The largest absolute Gasteiger partial charge is 0.381 e. The van der Waals surface area contributed by atoms with Crippen molar-refractivity contribution in [2.45, 2.75) is 19.3 Å². The predicted octanol–water partition coefficient (Wildman–Crippen LogP) is 2.88. The van der Waals surface area contributed by atoms with Crippen molar-refractivity contribution < 1.29 is 0 Å². The van der Waals surface area contributed by atoms with E-state index in [2.05, 4.69) is 35.7 Å². The summed E-state index contributed by atoms with van der Waals surface area (Å²) in [4.78, 5) is 13.0. The highest BCUT2D eigenvalue weighted by molar-refractivity contribution is 7.10. The van der Waals surface area contributed by atoms with Crippen molar-refractivity contribution in [1.82, 2.24) is 9.78 Å². The molecule has 2 heterocycles. The van der Waals surface area contributed by atoms with Crippen LogP contribution in [0.1, 0.15) is 18.7 Å². The molecule has 2 aromatic rings. The smallest absolute Gasteiger partial charge is 0.287 e. The molecule has 2 rings (SSSR count). The van der Waals surface area contributed by atoms with Gasteiger partial charge in [0.2, 0.25) is 0 Å². The quantitative estimate of drug-likeness (QED) is 0.944. The molecule has 0 radical (unpaired) electrons. The highest BCUT2D eigenvalue weighted by atomic mass is 35.5. The van der Waals surface area contributed by atoms with Gasteiger partial charge in [0.1, 0.15) is 5.02 Å². The number of halogens is 1. The lowest BCUT2D eigenvalue weighted by Gasteiger charge is -2.24. The van der Waals surface area contributed by atoms with Crippen LogP contribution >= 0.6 is 22.9 Å². The Labute approximate surface area is 121 Å². The van der Waals surface area contributed by atoms with Crippen LogP contribution in [0.3, 0.4) is 0 Å². The minimum Gasteiger partial charge on any atom is -0.381 e. The third-order valence-corrected chi connectivity index (χ3v) is 4.59. The van der Waals surface area contributed by atoms with Gasteiger partial charge in [0, 0.05) is 23.9 Å². The average Bonchev–Trinajstić information content (AvgIpc) is 2.90. The number of aromatic nitrogens is 2. The third-order valence-electron chi connectivity index (χ3n) is 2.99. The molecule has 1 N–H and O–H groups in total. The third kappa shape index (κ3) is 2.98. The van der Waals surface area contributed by atoms with Crippen molar-refractivity contribution in [3.8, 4) is 0 Å². The number of thiophene rings is 1. The second kappa shape index (κ2) is 5.35. The van der Waals surface area contributed by atoms with Crippen LogP contribution in [0.4, 0.5) is 5.69 Å². The molecule has 0 aliphatic rings. The first-order chi connectivity index (χ1) is 8.92. The number of aryl methyl sites for hydroxylation is 1. The normalized spacial score (nSPS) is 11.6. The first-order valence-electron chi connectivity index (χ1n) is 5.91. The SMILES string of the molecule is Cn1ncc(NCC(C)(C)c2cccs2)c(Cl)c1=O. The number of nitrogens with zero attached hydrogens (tertiary/aromatic N) is 2. The zero-order chi connectivity index (χ0) is 14.0. The highest BCUT2D eigenvalue weighted by Gasteiger charge is 2.22. The molecule has 0 aromatic carbocycles. The summed E-state index contributed by atoms with van der Waals surface area (Å²) in [7, 11) is 1.58. The van der Waals surface area contributed by atoms with E-state index in [0.29, 0.717) is 12.2 Å². The van der Waals surface area contributed by atoms with E-state index in [4.69, 9.17) is 11.6 Å². The number of nitrogens with one attached hydrogen (secondary N) is 1. The van der Waals surface area contributed by atoms with Gasteiger partial charge in [-0.25, -0.2) is 4.68 Å². The molecule has 0 spiro atoms. The van der Waals surface area contributed by atoms with Crippen LogP contribution in [0, 0.1) is 0 Å². The molecule has 0 aliphatic carbocycles. The summed E-state index contributed by atoms with van der Waals surface area (Å²) < 4.78 is 1.22. The molecule has 0 bridgehead atoms. The second-order valence-corrected chi connectivity index (χ2v) is 6.34. The van der Waals surface area contributed by atoms with Gasteiger partial charge < -0.3 is 5.32 Å². The topological polar surface area (TPSA) is 46.9 Å². The van der Waals surface area contributed by atoms with Gasteiger partial charge in [0.25, 0.3) is 5.56 Å². The van der Waals surface area contributed by atoms with Crippen molar-refractivity contribution >= 4 is 28.6 Å². The molecule has 0 amide bonds. The van der Waals surface area contributed by atoms with Crippen molar-refractivity contribution in [2.75, 3.05) is 11.9 Å². The van der Waals surface area contributed by atoms with Crippen LogP contribution in [0.5, 0.6) is 0 Å². The van der Waals surface area contributed by atoms with E-state index in [1.807, 2.05) is 6.07 Å². The van der Waals surface area contributed by atoms with E-state index in [9.17, 15) is 4.79 Å². The summed E-state index contributed by atoms with van der Waals surface area (Å²) >= 11 is 7.74. The van der Waals surface area contributed by atoms with Gasteiger partial charge in [0.05, 0.1) is 11.9 Å². The molecule has 0 atom stereocenters. The fourth-order valence-corrected chi connectivity index (χ4v) is 2.79. The van der Waals surface area contributed by atoms with Gasteiger partial charge >= 0.3 is 0 Å². The van der Waals surface area contributed by atoms with Crippen LogP contribution in [0.25, 0.3) is 0 Å². The molecule has 0 saturated carbocycles. The zero-order valence-corrected chi connectivity index (χ0v) is 12.7. The van der Waals surface area contributed by atoms with Crippen LogP contribution in [-0.2, 0) is 12.5 Å². The zero-order valence-electron chi connectivity index (χ0n) is 11.1. The fourth-order valence-electron chi connectivity index (χ4n) is 1.70. The van der Waals surface area contributed by atoms with Crippen molar-refractivity contribution in [3.05, 3.63) is 44.0 Å². The van der Waals surface area contributed by atoms with Crippen LogP contribution in [0.2, 0.25) is 5.02 Å². The Kier molecular flexibility index (Phi) is 3.96. The van der Waals surface area contributed by atoms with E-state index in [1.54, 1.807) is 24.6 Å². The van der Waals surface area contributed by atoms with E-state index in [0.717, 1.165) is 0 Å². The molecular formula is C13H16ClN3OS. The molecule has 4 nitrogen and oxygen atoms in total. The first kappa shape index (κ1) is 14.1. The lowest BCUT2D eigenvalue weighted by molar-refractivity contribution is 0.568. The van der Waals surface area contributed by atoms with Crippen molar-refractivity contribution in [1.29, 1.82) is 0 Å². The molecule has 0 unspecified atom stereocenters. The van der Waals surface area contributed by atoms with Crippen LogP contribution in [0.15, 0.2) is 28.5 Å². The summed E-state index contributed by atoms with van der Waals surface area (Å²) in [6.07, 6.45) is 1.58. The summed E-state index contributed by atoms with van der Waals surface area (Å²) in [5.41, 5.74) is 0.258. The molecule has 102 valence electrons. The maximum Gasteiger partial charge on any atom is 0.287 e. The Morgan fingerprint density at radius 1 is 1.53 bits per heavy atom. The van der Waals surface area contributed by atoms with E-state index in [1.165, 1.54) is 9.56 Å². The minimum atomic E-state index is -0.291. The maximum atomic E-state index is 11.7. The molecule has 0 aliphatic heterocycles. The minimum absolute atomic E-state index is 0.0292. The van der Waals surface area contributed by atoms with Gasteiger partial charge in [-0.2, -0.15) is 5.10 Å². The Bertz CT molecular complexity index is 619. The molecular weight excluding hydrogens is 282 g/mol. The molecule has 0 fully saturated rings. The Morgan fingerprint density at radius 3 is 2.89 bits per heavy atom. The highest BCUT2D eigenvalue weighted by Crippen LogP contribution is 2.28. The lowest BCUT2D eigenvalue weighted by atomic mass is 9.91. The number of hydrogen-bond donors (Lipinski definition) is 1. The second-order valence-electron chi connectivity index (χ2n) is 5.02. The number of hydrogen-bond acceptors (Lipinski definition) is 4. The standard InChI is InChI=1S/C13H16ClN3OS/c1-13(2,10-5-4-6-19-10)8-15-9-7-16-17(3)12(18)11(9)14/h4-7,15H,8H2,1-3H3. The summed E-state index contributed by atoms with van der Waals surface area (Å²) in [5, 5.41) is 9.41. The van der Waals surface area contributed by atoms with Crippen LogP contribution < -0.4 is 10.9 Å². The molecule has 2 aromatic heterocycles. The van der Waals surface area contributed by atoms with Crippen molar-refractivity contribution in [3.63, 3.8) is 0 Å². The van der Waals surface area contributed by atoms with E-state index >= 15 is 0 Å². The number of rotatable bonds is 4. The van der Waals surface area contributed by atoms with Gasteiger partial charge in [-0.3, -0.25) is 4.79 Å². The Hall–Kier alpha value is -1.33. The van der Waals surface area contributed by atoms with Gasteiger partial charge in [-0.15, -0.1) is 11.3 Å². The lowest BCUT2D eigenvalue weighted by Crippen LogP contribution is -2.28. The monoisotopic (exact) mass is 297 g/mol. The van der Waals surface area contributed by atoms with Crippen molar-refractivity contribution in [2.24, 2.45) is 7.05 Å². The summed E-state index contributed by atoms with van der Waals surface area (Å²) in [6.45, 7) is 4.98. The van der Waals surface area contributed by atoms with E-state index in [-0.39, 0.29) is 16.0 Å². The number of anilines is 1. The summed E-state index contributed by atoms with van der Waals surface area (Å²) in [5.74, 6) is 0. The first-order valence-corrected chi connectivity index (χ1v) is 7.17. The average molecular weight is 298 g/mol. The summed E-state index contributed by atoms with van der Waals surface area (Å²) in [6, 6.07) is 4.14. The van der Waals surface area contributed by atoms with E-state index < -0.39 is 0 Å². The molecule has 0 saturated heterocycles. The van der Waals surface area contributed by atoms with Crippen LogP contribution in [-0.4, -0.2) is 16.3 Å². The molecule has 6 heteroatoms.